The van der Waals surface area contributed by atoms with Crippen molar-refractivity contribution in [2.45, 2.75) is 115 Å². The van der Waals surface area contributed by atoms with Crippen molar-refractivity contribution >= 4 is 11.9 Å². The monoisotopic (exact) mass is 486 g/mol. The summed E-state index contributed by atoms with van der Waals surface area (Å²) in [6, 6.07) is 0. The standard InChI is InChI=1S/C28H38O7/c1-15-14-22(33-23(30)16(15)2)26(4)20-11-13-28(32)19-9-8-17-6-5-7-21(29)25(17,3)18(19)10-12-27(20,35-28)24(31)34-26/h8,18-22,29,32H,5-7,9-14H2,1-4H3/t18-,19+,20+,21-,22+,25-,26+,27+,28+/m0/s1. The lowest BCUT2D eigenvalue weighted by molar-refractivity contribution is -0.321. The van der Waals surface area contributed by atoms with Gasteiger partial charge in [-0.25, -0.2) is 9.59 Å². The molecule has 2 bridgehead atoms. The number of allylic oxidation sites excluding steroid dienone is 1. The lowest BCUT2D eigenvalue weighted by Gasteiger charge is -2.55. The Bertz CT molecular complexity index is 1050. The Morgan fingerprint density at radius 2 is 1.83 bits per heavy atom. The highest BCUT2D eigenvalue weighted by atomic mass is 16.7. The lowest BCUT2D eigenvalue weighted by Crippen LogP contribution is -2.61. The number of ether oxygens (including phenoxy) is 3. The van der Waals surface area contributed by atoms with Crippen LogP contribution in [0.1, 0.15) is 85.5 Å². The second kappa shape index (κ2) is 7.42. The van der Waals surface area contributed by atoms with Gasteiger partial charge in [-0.15, -0.1) is 0 Å². The molecule has 2 aliphatic carbocycles. The Kier molecular flexibility index (Phi) is 5.02. The van der Waals surface area contributed by atoms with Crippen LogP contribution in [-0.2, 0) is 23.8 Å². The zero-order valence-corrected chi connectivity index (χ0v) is 21.3. The Hall–Kier alpha value is -1.70. The van der Waals surface area contributed by atoms with Gasteiger partial charge < -0.3 is 24.4 Å². The third-order valence-electron chi connectivity index (χ3n) is 11.0. The molecule has 9 atom stereocenters. The van der Waals surface area contributed by atoms with Gasteiger partial charge in [-0.05, 0) is 71.6 Å². The van der Waals surface area contributed by atoms with Crippen LogP contribution in [0.25, 0.3) is 0 Å². The fraction of sp³-hybridized carbons (Fsp3) is 0.786. The van der Waals surface area contributed by atoms with E-state index in [1.54, 1.807) is 6.92 Å². The predicted octanol–water partition coefficient (Wildman–Crippen LogP) is 3.72. The number of carbonyl (C=O) groups excluding carboxylic acids is 2. The molecule has 1 saturated carbocycles. The van der Waals surface area contributed by atoms with E-state index in [1.807, 2.05) is 13.8 Å². The summed E-state index contributed by atoms with van der Waals surface area (Å²) in [4.78, 5) is 26.2. The number of hydrogen-bond donors (Lipinski definition) is 2. The topological polar surface area (TPSA) is 102 Å². The van der Waals surface area contributed by atoms with Crippen LogP contribution < -0.4 is 0 Å². The highest BCUT2D eigenvalue weighted by Gasteiger charge is 2.73. The highest BCUT2D eigenvalue weighted by molar-refractivity contribution is 5.90. The molecule has 0 aromatic heterocycles. The van der Waals surface area contributed by atoms with E-state index in [1.165, 1.54) is 5.57 Å². The summed E-state index contributed by atoms with van der Waals surface area (Å²) in [6.45, 7) is 7.70. The Balaban J connectivity index is 1.38. The molecular weight excluding hydrogens is 448 g/mol. The van der Waals surface area contributed by atoms with Crippen molar-refractivity contribution < 1.29 is 34.0 Å². The summed E-state index contributed by atoms with van der Waals surface area (Å²) in [5, 5.41) is 23.2. The van der Waals surface area contributed by atoms with Gasteiger partial charge >= 0.3 is 11.9 Å². The average molecular weight is 487 g/mol. The molecule has 6 rings (SSSR count). The summed E-state index contributed by atoms with van der Waals surface area (Å²) in [6.07, 6.45) is 7.11. The van der Waals surface area contributed by atoms with Gasteiger partial charge in [0.25, 0.3) is 0 Å². The summed E-state index contributed by atoms with van der Waals surface area (Å²) in [7, 11) is 0. The molecule has 0 unspecified atom stereocenters. The fourth-order valence-corrected chi connectivity index (χ4v) is 8.67. The molecule has 192 valence electrons. The van der Waals surface area contributed by atoms with E-state index < -0.39 is 40.6 Å². The Labute approximate surface area is 206 Å². The van der Waals surface area contributed by atoms with Crippen LogP contribution in [0, 0.1) is 23.2 Å². The van der Waals surface area contributed by atoms with Crippen LogP contribution in [0.4, 0.5) is 0 Å². The van der Waals surface area contributed by atoms with Gasteiger partial charge in [-0.3, -0.25) is 0 Å². The van der Waals surface area contributed by atoms with Gasteiger partial charge in [0, 0.05) is 35.7 Å². The van der Waals surface area contributed by atoms with E-state index >= 15 is 0 Å². The van der Waals surface area contributed by atoms with Gasteiger partial charge in [-0.1, -0.05) is 24.1 Å². The smallest absolute Gasteiger partial charge is 0.339 e. The van der Waals surface area contributed by atoms with E-state index in [-0.39, 0.29) is 23.7 Å². The second-order valence-corrected chi connectivity index (χ2v) is 12.4. The molecule has 6 aliphatic rings. The van der Waals surface area contributed by atoms with Gasteiger partial charge in [0.15, 0.2) is 17.0 Å². The fourth-order valence-electron chi connectivity index (χ4n) is 8.67. The van der Waals surface area contributed by atoms with Crippen molar-refractivity contribution in [1.82, 2.24) is 0 Å². The first-order valence-corrected chi connectivity index (χ1v) is 13.4. The maximum Gasteiger partial charge on any atom is 0.339 e. The van der Waals surface area contributed by atoms with Gasteiger partial charge in [0.05, 0.1) is 6.10 Å². The third-order valence-corrected chi connectivity index (χ3v) is 11.0. The van der Waals surface area contributed by atoms with Gasteiger partial charge in [-0.2, -0.15) is 0 Å². The van der Waals surface area contributed by atoms with Crippen molar-refractivity contribution in [3.63, 3.8) is 0 Å². The Morgan fingerprint density at radius 1 is 1.06 bits per heavy atom. The molecule has 7 heteroatoms. The molecule has 0 radical (unpaired) electrons. The maximum absolute atomic E-state index is 13.7. The number of carbonyl (C=O) groups is 2. The summed E-state index contributed by atoms with van der Waals surface area (Å²) < 4.78 is 18.5. The number of aliphatic hydroxyl groups excluding tert-OH is 1. The molecule has 4 fully saturated rings. The molecule has 1 spiro atoms. The van der Waals surface area contributed by atoms with Crippen molar-refractivity contribution in [1.29, 1.82) is 0 Å². The molecule has 0 aromatic carbocycles. The van der Waals surface area contributed by atoms with Crippen LogP contribution in [-0.4, -0.2) is 51.3 Å². The van der Waals surface area contributed by atoms with Crippen molar-refractivity contribution in [2.75, 3.05) is 0 Å². The minimum atomic E-state index is -1.46. The largest absolute Gasteiger partial charge is 0.454 e. The second-order valence-electron chi connectivity index (χ2n) is 12.4. The van der Waals surface area contributed by atoms with E-state index in [0.717, 1.165) is 24.8 Å². The number of cyclic esters (lactones) is 2. The van der Waals surface area contributed by atoms with Crippen molar-refractivity contribution in [3.05, 3.63) is 22.8 Å². The zero-order chi connectivity index (χ0) is 25.0. The van der Waals surface area contributed by atoms with Crippen LogP contribution in [0.5, 0.6) is 0 Å². The van der Waals surface area contributed by atoms with Crippen LogP contribution in [0.15, 0.2) is 22.8 Å². The average Bonchev–Trinajstić information content (AvgIpc) is 2.96. The van der Waals surface area contributed by atoms with Gasteiger partial charge in [0.1, 0.15) is 6.10 Å². The molecule has 35 heavy (non-hydrogen) atoms. The normalized spacial score (nSPS) is 51.4. The Morgan fingerprint density at radius 3 is 2.57 bits per heavy atom. The quantitative estimate of drug-likeness (QED) is 0.430. The molecule has 2 N–H and O–H groups in total. The van der Waals surface area contributed by atoms with Crippen LogP contribution in [0.2, 0.25) is 0 Å². The first kappa shape index (κ1) is 23.7. The summed E-state index contributed by atoms with van der Waals surface area (Å²) >= 11 is 0. The molecule has 4 aliphatic heterocycles. The maximum atomic E-state index is 13.7. The summed E-state index contributed by atoms with van der Waals surface area (Å²) in [5.41, 5.74) is 0.127. The highest BCUT2D eigenvalue weighted by Crippen LogP contribution is 2.64. The van der Waals surface area contributed by atoms with E-state index in [0.29, 0.717) is 44.1 Å². The van der Waals surface area contributed by atoms with Crippen LogP contribution >= 0.6 is 0 Å². The number of rotatable bonds is 1. The molecule has 3 saturated heterocycles. The first-order chi connectivity index (χ1) is 16.5. The minimum Gasteiger partial charge on any atom is -0.454 e. The van der Waals surface area contributed by atoms with Crippen molar-refractivity contribution in [3.8, 4) is 0 Å². The molecule has 7 nitrogen and oxygen atoms in total. The summed E-state index contributed by atoms with van der Waals surface area (Å²) in [5.74, 6) is -2.78. The molecule has 4 heterocycles. The predicted molar refractivity (Wildman–Crippen MR) is 126 cm³/mol. The molecular formula is C28H38O7. The number of hydrogen-bond acceptors (Lipinski definition) is 7. The number of esters is 2. The van der Waals surface area contributed by atoms with E-state index in [9.17, 15) is 19.8 Å². The number of aliphatic hydroxyl groups is 2. The van der Waals surface area contributed by atoms with Gasteiger partial charge in [0.2, 0.25) is 0 Å². The van der Waals surface area contributed by atoms with Crippen molar-refractivity contribution in [2.24, 2.45) is 23.2 Å². The molecule has 0 amide bonds. The SMILES string of the molecule is CC1=C(C)C(=O)O[C@@H]([C@]2(C)OC(=O)[C@@]34CC[C@H]5[C@@H](CC=C6CCC[C@H](O)[C@@]65C)[C@@](O)(CC[C@H]23)O4)C1. The first-order valence-electron chi connectivity index (χ1n) is 13.4. The minimum absolute atomic E-state index is 0.0147. The van der Waals surface area contributed by atoms with E-state index in [2.05, 4.69) is 13.0 Å². The third kappa shape index (κ3) is 2.95. The zero-order valence-electron chi connectivity index (χ0n) is 21.3. The molecule has 0 aromatic rings. The van der Waals surface area contributed by atoms with Crippen LogP contribution in [0.3, 0.4) is 0 Å². The van der Waals surface area contributed by atoms with E-state index in [4.69, 9.17) is 14.2 Å². The number of fused-ring (bicyclic) bond motifs is 5. The lowest BCUT2D eigenvalue weighted by atomic mass is 9.53.